The molecule has 0 heterocycles. The topological polar surface area (TPSA) is 38.3 Å². The number of rotatable bonds is 2. The number of carbonyl (C=O) groups excluding carboxylic acids is 1. The smallest absolute Gasteiger partial charge is 0.410 e. The second kappa shape index (κ2) is 5.36. The Bertz CT molecular complexity index is 529. The van der Waals surface area contributed by atoms with Gasteiger partial charge in [-0.3, -0.25) is 5.32 Å². The summed E-state index contributed by atoms with van der Waals surface area (Å²) >= 11 is 0. The van der Waals surface area contributed by atoms with Crippen molar-refractivity contribution < 1.29 is 9.53 Å². The Morgan fingerprint density at radius 3 is 2.22 bits per heavy atom. The molecule has 0 saturated heterocycles. The highest BCUT2D eigenvalue weighted by atomic mass is 16.6. The van der Waals surface area contributed by atoms with Gasteiger partial charge in [-0.25, -0.2) is 4.79 Å². The van der Waals surface area contributed by atoms with Gasteiger partial charge in [-0.2, -0.15) is 0 Å². The minimum absolute atomic E-state index is 0.480. The Balaban J connectivity index is 2.03. The fourth-order valence-electron chi connectivity index (χ4n) is 1.79. The predicted molar refractivity (Wildman–Crippen MR) is 72.0 cm³/mol. The third kappa shape index (κ3) is 3.35. The third-order valence-electron chi connectivity index (χ3n) is 2.42. The van der Waals surface area contributed by atoms with E-state index in [-0.39, 0.29) is 0 Å². The van der Waals surface area contributed by atoms with Crippen molar-refractivity contribution in [2.75, 3.05) is 5.32 Å². The third-order valence-corrected chi connectivity index (χ3v) is 2.42. The fraction of sp³-hybridized carbons (Fsp3) is 0.133. The molecule has 0 aliphatic carbocycles. The van der Waals surface area contributed by atoms with E-state index in [1.54, 1.807) is 12.1 Å². The molecule has 18 heavy (non-hydrogen) atoms. The fourth-order valence-corrected chi connectivity index (χ4v) is 1.79. The molecule has 1 amide bonds. The van der Waals surface area contributed by atoms with Gasteiger partial charge in [0.15, 0.2) is 0 Å². The highest BCUT2D eigenvalue weighted by Gasteiger charge is 2.05. The maximum Gasteiger partial charge on any atom is 0.417 e. The number of amides is 1. The number of aryl methyl sites for hydroxylation is 2. The summed E-state index contributed by atoms with van der Waals surface area (Å²) in [5, 5.41) is 2.71. The predicted octanol–water partition coefficient (Wildman–Crippen LogP) is 3.91. The standard InChI is InChI=1S/C15H15NO2/c1-11-8-12(2)10-13(9-11)16-15(17)18-14-6-4-3-5-7-14/h3-10H,1-2H3,(H,16,17). The minimum atomic E-state index is -0.480. The molecule has 0 radical (unpaired) electrons. The van der Waals surface area contributed by atoms with E-state index < -0.39 is 6.09 Å². The second-order valence-corrected chi connectivity index (χ2v) is 4.20. The highest BCUT2D eigenvalue weighted by molar-refractivity contribution is 5.86. The average molecular weight is 241 g/mol. The Kier molecular flexibility index (Phi) is 3.63. The number of ether oxygens (including phenoxy) is 1. The van der Waals surface area contributed by atoms with Crippen LogP contribution in [0.4, 0.5) is 10.5 Å². The number of carbonyl (C=O) groups is 1. The molecule has 92 valence electrons. The highest BCUT2D eigenvalue weighted by Crippen LogP contribution is 2.15. The second-order valence-electron chi connectivity index (χ2n) is 4.20. The molecule has 2 aromatic carbocycles. The molecule has 3 nitrogen and oxygen atoms in total. The molecular formula is C15H15NO2. The SMILES string of the molecule is Cc1cc(C)cc(NC(=O)Oc2ccccc2)c1. The lowest BCUT2D eigenvalue weighted by Gasteiger charge is -2.08. The van der Waals surface area contributed by atoms with Gasteiger partial charge in [0.2, 0.25) is 0 Å². The van der Waals surface area contributed by atoms with Crippen LogP contribution < -0.4 is 10.1 Å². The van der Waals surface area contributed by atoms with Crippen LogP contribution in [0, 0.1) is 13.8 Å². The minimum Gasteiger partial charge on any atom is -0.410 e. The van der Waals surface area contributed by atoms with Crippen molar-refractivity contribution in [3.8, 4) is 5.75 Å². The molecule has 0 saturated carbocycles. The van der Waals surface area contributed by atoms with Crippen LogP contribution >= 0.6 is 0 Å². The normalized spacial score (nSPS) is 9.89. The van der Waals surface area contributed by atoms with Gasteiger partial charge < -0.3 is 4.74 Å². The van der Waals surface area contributed by atoms with Crippen LogP contribution in [0.3, 0.4) is 0 Å². The molecule has 3 heteroatoms. The summed E-state index contributed by atoms with van der Waals surface area (Å²) in [5.41, 5.74) is 2.95. The van der Waals surface area contributed by atoms with E-state index in [9.17, 15) is 4.79 Å². The Morgan fingerprint density at radius 2 is 1.61 bits per heavy atom. The first-order chi connectivity index (χ1) is 8.63. The number of anilines is 1. The molecule has 0 atom stereocenters. The first-order valence-electron chi connectivity index (χ1n) is 5.76. The summed E-state index contributed by atoms with van der Waals surface area (Å²) in [6.45, 7) is 3.97. The first-order valence-corrected chi connectivity index (χ1v) is 5.76. The zero-order valence-corrected chi connectivity index (χ0v) is 10.4. The van der Waals surface area contributed by atoms with E-state index in [0.717, 1.165) is 16.8 Å². The first kappa shape index (κ1) is 12.2. The Hall–Kier alpha value is -2.29. The lowest BCUT2D eigenvalue weighted by molar-refractivity contribution is 0.215. The zero-order chi connectivity index (χ0) is 13.0. The van der Waals surface area contributed by atoms with E-state index in [1.165, 1.54) is 0 Å². The van der Waals surface area contributed by atoms with Gasteiger partial charge in [-0.05, 0) is 49.2 Å². The lowest BCUT2D eigenvalue weighted by Crippen LogP contribution is -2.16. The largest absolute Gasteiger partial charge is 0.417 e. The van der Waals surface area contributed by atoms with Crippen LogP contribution in [0.25, 0.3) is 0 Å². The number of hydrogen-bond acceptors (Lipinski definition) is 2. The van der Waals surface area contributed by atoms with Crippen LogP contribution in [0.15, 0.2) is 48.5 Å². The molecule has 0 fully saturated rings. The summed E-state index contributed by atoms with van der Waals surface area (Å²) < 4.78 is 5.15. The average Bonchev–Trinajstić information content (AvgIpc) is 2.28. The summed E-state index contributed by atoms with van der Waals surface area (Å²) in [6, 6.07) is 14.8. The van der Waals surface area contributed by atoms with Gasteiger partial charge in [0.05, 0.1) is 0 Å². The molecule has 0 bridgehead atoms. The van der Waals surface area contributed by atoms with Crippen LogP contribution in [-0.4, -0.2) is 6.09 Å². The van der Waals surface area contributed by atoms with Crippen molar-refractivity contribution in [3.63, 3.8) is 0 Å². The monoisotopic (exact) mass is 241 g/mol. The summed E-state index contributed by atoms with van der Waals surface area (Å²) in [4.78, 5) is 11.7. The molecule has 1 N–H and O–H groups in total. The maximum atomic E-state index is 11.7. The van der Waals surface area contributed by atoms with Crippen LogP contribution in [-0.2, 0) is 0 Å². The molecule has 0 aliphatic rings. The number of para-hydroxylation sites is 1. The van der Waals surface area contributed by atoms with Crippen molar-refractivity contribution >= 4 is 11.8 Å². The summed E-state index contributed by atoms with van der Waals surface area (Å²) in [7, 11) is 0. The van der Waals surface area contributed by atoms with Crippen molar-refractivity contribution in [3.05, 3.63) is 59.7 Å². The van der Waals surface area contributed by atoms with E-state index in [2.05, 4.69) is 5.32 Å². The number of benzene rings is 2. The number of hydrogen-bond donors (Lipinski definition) is 1. The quantitative estimate of drug-likeness (QED) is 0.865. The van der Waals surface area contributed by atoms with Crippen molar-refractivity contribution in [1.29, 1.82) is 0 Å². The van der Waals surface area contributed by atoms with Gasteiger partial charge >= 0.3 is 6.09 Å². The van der Waals surface area contributed by atoms with E-state index in [1.807, 2.05) is 50.2 Å². The van der Waals surface area contributed by atoms with Crippen molar-refractivity contribution in [2.45, 2.75) is 13.8 Å². The van der Waals surface area contributed by atoms with Gasteiger partial charge in [-0.15, -0.1) is 0 Å². The summed E-state index contributed by atoms with van der Waals surface area (Å²) in [5.74, 6) is 0.527. The van der Waals surface area contributed by atoms with Crippen molar-refractivity contribution in [2.24, 2.45) is 0 Å². The van der Waals surface area contributed by atoms with Crippen LogP contribution in [0.2, 0.25) is 0 Å². The van der Waals surface area contributed by atoms with Gasteiger partial charge in [-0.1, -0.05) is 24.3 Å². The molecule has 0 spiro atoms. The molecule has 0 unspecified atom stereocenters. The Morgan fingerprint density at radius 1 is 1.00 bits per heavy atom. The maximum absolute atomic E-state index is 11.7. The summed E-state index contributed by atoms with van der Waals surface area (Å²) in [6.07, 6.45) is -0.480. The van der Waals surface area contributed by atoms with Gasteiger partial charge in [0.1, 0.15) is 5.75 Å². The van der Waals surface area contributed by atoms with Gasteiger partial charge in [0, 0.05) is 5.69 Å². The molecule has 2 aromatic rings. The lowest BCUT2D eigenvalue weighted by atomic mass is 10.1. The van der Waals surface area contributed by atoms with Crippen LogP contribution in [0.5, 0.6) is 5.75 Å². The van der Waals surface area contributed by atoms with E-state index >= 15 is 0 Å². The van der Waals surface area contributed by atoms with Crippen molar-refractivity contribution in [1.82, 2.24) is 0 Å². The molecule has 2 rings (SSSR count). The van der Waals surface area contributed by atoms with E-state index in [4.69, 9.17) is 4.74 Å². The molecule has 0 aliphatic heterocycles. The zero-order valence-electron chi connectivity index (χ0n) is 10.4. The Labute approximate surface area is 106 Å². The number of nitrogens with one attached hydrogen (secondary N) is 1. The molecular weight excluding hydrogens is 226 g/mol. The molecule has 0 aromatic heterocycles. The van der Waals surface area contributed by atoms with Gasteiger partial charge in [0.25, 0.3) is 0 Å². The van der Waals surface area contributed by atoms with E-state index in [0.29, 0.717) is 5.75 Å². The van der Waals surface area contributed by atoms with Crippen LogP contribution in [0.1, 0.15) is 11.1 Å².